The average molecular weight is 322 g/mol. The van der Waals surface area contributed by atoms with E-state index in [1.807, 2.05) is 6.92 Å². The SMILES string of the molecule is CCc1ncnc(N2CCC[C@@H]2CN2C[C@H](C)O[C@@H](C)C2)c1F. The van der Waals surface area contributed by atoms with E-state index in [9.17, 15) is 4.39 Å². The molecule has 0 aliphatic carbocycles. The highest BCUT2D eigenvalue weighted by atomic mass is 19.1. The Bertz CT molecular complexity index is 531. The highest BCUT2D eigenvalue weighted by Crippen LogP contribution is 2.28. The molecular formula is C17H27FN4O. The molecule has 0 unspecified atom stereocenters. The van der Waals surface area contributed by atoms with Gasteiger partial charge >= 0.3 is 0 Å². The predicted molar refractivity (Wildman–Crippen MR) is 88.2 cm³/mol. The first-order chi connectivity index (χ1) is 11.1. The number of anilines is 1. The number of hydrogen-bond acceptors (Lipinski definition) is 5. The zero-order valence-corrected chi connectivity index (χ0v) is 14.3. The van der Waals surface area contributed by atoms with Gasteiger partial charge in [0.1, 0.15) is 6.33 Å². The highest BCUT2D eigenvalue weighted by Gasteiger charge is 2.32. The van der Waals surface area contributed by atoms with Crippen molar-refractivity contribution in [2.75, 3.05) is 31.1 Å². The number of aryl methyl sites for hydroxylation is 1. The maximum Gasteiger partial charge on any atom is 0.187 e. The van der Waals surface area contributed by atoms with Crippen molar-refractivity contribution in [3.05, 3.63) is 17.8 Å². The van der Waals surface area contributed by atoms with Crippen LogP contribution >= 0.6 is 0 Å². The molecule has 0 aromatic carbocycles. The summed E-state index contributed by atoms with van der Waals surface area (Å²) in [4.78, 5) is 12.9. The first kappa shape index (κ1) is 16.6. The Hall–Kier alpha value is -1.27. The van der Waals surface area contributed by atoms with Crippen molar-refractivity contribution in [2.45, 2.75) is 58.3 Å². The van der Waals surface area contributed by atoms with Crippen LogP contribution in [-0.4, -0.2) is 59.3 Å². The Morgan fingerprint density at radius 1 is 1.26 bits per heavy atom. The fourth-order valence-electron chi connectivity index (χ4n) is 3.88. The largest absolute Gasteiger partial charge is 0.373 e. The second-order valence-electron chi connectivity index (χ2n) is 6.78. The molecule has 1 aromatic heterocycles. The third kappa shape index (κ3) is 3.63. The highest BCUT2D eigenvalue weighted by molar-refractivity contribution is 5.43. The number of ether oxygens (including phenoxy) is 1. The maximum atomic E-state index is 14.6. The molecule has 2 aliphatic rings. The predicted octanol–water partition coefficient (Wildman–Crippen LogP) is 2.26. The van der Waals surface area contributed by atoms with Crippen molar-refractivity contribution in [1.82, 2.24) is 14.9 Å². The van der Waals surface area contributed by atoms with Gasteiger partial charge in [-0.25, -0.2) is 14.4 Å². The topological polar surface area (TPSA) is 41.5 Å². The summed E-state index contributed by atoms with van der Waals surface area (Å²) in [5, 5.41) is 0. The fourth-order valence-corrected chi connectivity index (χ4v) is 3.88. The summed E-state index contributed by atoms with van der Waals surface area (Å²) >= 11 is 0. The third-order valence-corrected chi connectivity index (χ3v) is 4.79. The van der Waals surface area contributed by atoms with E-state index in [0.717, 1.165) is 39.0 Å². The molecule has 128 valence electrons. The molecule has 3 atom stereocenters. The molecule has 5 nitrogen and oxygen atoms in total. The standard InChI is InChI=1S/C17H27FN4O/c1-4-15-16(18)17(20-11-19-15)22-7-5-6-14(22)10-21-8-12(2)23-13(3)9-21/h11-14H,4-10H2,1-3H3/t12-,13-,14+/m0/s1. The molecule has 6 heteroatoms. The second kappa shape index (κ2) is 7.09. The summed E-state index contributed by atoms with van der Waals surface area (Å²) in [7, 11) is 0. The molecule has 0 amide bonds. The summed E-state index contributed by atoms with van der Waals surface area (Å²) in [5.74, 6) is 0.235. The van der Waals surface area contributed by atoms with Crippen molar-refractivity contribution in [3.63, 3.8) is 0 Å². The normalized spacial score (nSPS) is 29.2. The molecule has 23 heavy (non-hydrogen) atoms. The van der Waals surface area contributed by atoms with E-state index in [0.29, 0.717) is 24.0 Å². The number of hydrogen-bond donors (Lipinski definition) is 0. The van der Waals surface area contributed by atoms with Gasteiger partial charge in [0.2, 0.25) is 0 Å². The summed E-state index contributed by atoms with van der Waals surface area (Å²) in [6.45, 7) is 9.87. The van der Waals surface area contributed by atoms with Crippen LogP contribution in [0.4, 0.5) is 10.2 Å². The third-order valence-electron chi connectivity index (χ3n) is 4.79. The monoisotopic (exact) mass is 322 g/mol. The molecule has 0 bridgehead atoms. The smallest absolute Gasteiger partial charge is 0.187 e. The van der Waals surface area contributed by atoms with Crippen molar-refractivity contribution in [3.8, 4) is 0 Å². The quantitative estimate of drug-likeness (QED) is 0.850. The van der Waals surface area contributed by atoms with Crippen LogP contribution in [0.2, 0.25) is 0 Å². The van der Waals surface area contributed by atoms with Crippen LogP contribution in [0.15, 0.2) is 6.33 Å². The van der Waals surface area contributed by atoms with E-state index in [1.165, 1.54) is 6.33 Å². The molecule has 0 spiro atoms. The van der Waals surface area contributed by atoms with Gasteiger partial charge in [0.15, 0.2) is 11.6 Å². The lowest BCUT2D eigenvalue weighted by Gasteiger charge is -2.38. The van der Waals surface area contributed by atoms with Gasteiger partial charge < -0.3 is 9.64 Å². The second-order valence-corrected chi connectivity index (χ2v) is 6.78. The fraction of sp³-hybridized carbons (Fsp3) is 0.765. The minimum Gasteiger partial charge on any atom is -0.373 e. The van der Waals surface area contributed by atoms with E-state index in [2.05, 4.69) is 33.6 Å². The van der Waals surface area contributed by atoms with Gasteiger partial charge in [0.25, 0.3) is 0 Å². The zero-order chi connectivity index (χ0) is 16.4. The minimum atomic E-state index is -0.245. The molecule has 0 saturated carbocycles. The van der Waals surface area contributed by atoms with Gasteiger partial charge in [-0.05, 0) is 33.1 Å². The molecule has 2 saturated heterocycles. The molecule has 0 radical (unpaired) electrons. The van der Waals surface area contributed by atoms with Crippen LogP contribution in [0, 0.1) is 5.82 Å². The summed E-state index contributed by atoms with van der Waals surface area (Å²) in [6.07, 6.45) is 4.78. The van der Waals surface area contributed by atoms with Crippen LogP contribution < -0.4 is 4.90 Å². The first-order valence-electron chi connectivity index (χ1n) is 8.72. The van der Waals surface area contributed by atoms with Crippen LogP contribution in [0.3, 0.4) is 0 Å². The lowest BCUT2D eigenvalue weighted by atomic mass is 10.1. The van der Waals surface area contributed by atoms with Crippen molar-refractivity contribution >= 4 is 5.82 Å². The Kier molecular flexibility index (Phi) is 5.11. The van der Waals surface area contributed by atoms with Gasteiger partial charge in [-0.15, -0.1) is 0 Å². The van der Waals surface area contributed by atoms with Crippen LogP contribution in [0.25, 0.3) is 0 Å². The molecule has 0 N–H and O–H groups in total. The van der Waals surface area contributed by atoms with Crippen LogP contribution in [0.5, 0.6) is 0 Å². The van der Waals surface area contributed by atoms with Gasteiger partial charge in [-0.3, -0.25) is 4.90 Å². The lowest BCUT2D eigenvalue weighted by molar-refractivity contribution is -0.0690. The van der Waals surface area contributed by atoms with Crippen molar-refractivity contribution < 1.29 is 9.13 Å². The molecular weight excluding hydrogens is 295 g/mol. The zero-order valence-electron chi connectivity index (χ0n) is 14.3. The molecule has 3 rings (SSSR count). The molecule has 2 aliphatic heterocycles. The molecule has 1 aromatic rings. The summed E-state index contributed by atoms with van der Waals surface area (Å²) < 4.78 is 20.4. The Balaban J connectivity index is 1.73. The van der Waals surface area contributed by atoms with Gasteiger partial charge in [-0.1, -0.05) is 6.92 Å². The van der Waals surface area contributed by atoms with E-state index in [-0.39, 0.29) is 18.0 Å². The Labute approximate surface area is 137 Å². The maximum absolute atomic E-state index is 14.6. The van der Waals surface area contributed by atoms with Crippen molar-refractivity contribution in [1.29, 1.82) is 0 Å². The number of aromatic nitrogens is 2. The van der Waals surface area contributed by atoms with Gasteiger partial charge in [0, 0.05) is 32.2 Å². The van der Waals surface area contributed by atoms with E-state index >= 15 is 0 Å². The van der Waals surface area contributed by atoms with Crippen molar-refractivity contribution in [2.24, 2.45) is 0 Å². The first-order valence-corrected chi connectivity index (χ1v) is 8.72. The Morgan fingerprint density at radius 3 is 2.70 bits per heavy atom. The van der Waals surface area contributed by atoms with Gasteiger partial charge in [0.05, 0.1) is 17.9 Å². The average Bonchev–Trinajstić information content (AvgIpc) is 2.94. The molecule has 3 heterocycles. The Morgan fingerprint density at radius 2 is 2.00 bits per heavy atom. The van der Waals surface area contributed by atoms with E-state index < -0.39 is 0 Å². The minimum absolute atomic E-state index is 0.245. The van der Waals surface area contributed by atoms with Crippen LogP contribution in [0.1, 0.15) is 39.3 Å². The number of rotatable bonds is 4. The molecule has 2 fully saturated rings. The lowest BCUT2D eigenvalue weighted by Crippen LogP contribution is -2.50. The van der Waals surface area contributed by atoms with Gasteiger partial charge in [-0.2, -0.15) is 0 Å². The van der Waals surface area contributed by atoms with Crippen LogP contribution in [-0.2, 0) is 11.2 Å². The number of halogens is 1. The number of morpholine rings is 1. The summed E-state index contributed by atoms with van der Waals surface area (Å²) in [6, 6.07) is 0.321. The van der Waals surface area contributed by atoms with E-state index in [1.54, 1.807) is 0 Å². The summed E-state index contributed by atoms with van der Waals surface area (Å²) in [5.41, 5.74) is 0.509. The number of nitrogens with zero attached hydrogens (tertiary/aromatic N) is 4. The van der Waals surface area contributed by atoms with E-state index in [4.69, 9.17) is 4.74 Å².